The fourth-order valence-corrected chi connectivity index (χ4v) is 7.61. The second kappa shape index (κ2) is 26.4. The van der Waals surface area contributed by atoms with E-state index in [4.69, 9.17) is 42.6 Å². The number of hydrogen-bond donors (Lipinski definition) is 0. The van der Waals surface area contributed by atoms with Crippen LogP contribution >= 0.6 is 0 Å². The third kappa shape index (κ3) is 15.9. The summed E-state index contributed by atoms with van der Waals surface area (Å²) in [5.41, 5.74) is 10.0. The topological polar surface area (TPSA) is 175 Å². The number of esters is 5. The van der Waals surface area contributed by atoms with Crippen molar-refractivity contribution in [1.82, 2.24) is 0 Å². The lowest BCUT2D eigenvalue weighted by Gasteiger charge is -2.18. The maximum absolute atomic E-state index is 12.5. The first-order chi connectivity index (χ1) is 39.3. The molecule has 0 amide bonds. The Hall–Kier alpha value is -9.89. The van der Waals surface area contributed by atoms with Gasteiger partial charge in [-0.2, -0.15) is 0 Å². The molecule has 7 aromatic rings. The molecule has 2 fully saturated rings. The lowest BCUT2D eigenvalue weighted by atomic mass is 9.97. The van der Waals surface area contributed by atoms with Crippen LogP contribution in [0.4, 0.5) is 0 Å². The molecule has 0 spiro atoms. The number of benzene rings is 7. The zero-order valence-corrected chi connectivity index (χ0v) is 46.2. The minimum Gasteiger partial charge on any atom is -0.490 e. The van der Waals surface area contributed by atoms with E-state index in [1.807, 2.05) is 91.0 Å². The first-order valence-corrected chi connectivity index (χ1v) is 26.0. The Labute approximate surface area is 476 Å². The first kappa shape index (κ1) is 58.3. The van der Waals surface area contributed by atoms with E-state index >= 15 is 0 Å². The second-order valence-corrected chi connectivity index (χ2v) is 19.6. The summed E-state index contributed by atoms with van der Waals surface area (Å²) < 4.78 is 50.1. The summed E-state index contributed by atoms with van der Waals surface area (Å²) in [4.78, 5) is 59.9. The molecule has 2 heterocycles. The van der Waals surface area contributed by atoms with Crippen molar-refractivity contribution in [3.63, 3.8) is 0 Å². The molecule has 14 nitrogen and oxygen atoms in total. The van der Waals surface area contributed by atoms with Crippen LogP contribution in [0.3, 0.4) is 0 Å². The number of rotatable bonds is 21. The van der Waals surface area contributed by atoms with Crippen molar-refractivity contribution in [2.24, 2.45) is 0 Å². The number of ether oxygens (including phenoxy) is 9. The maximum atomic E-state index is 12.5. The van der Waals surface area contributed by atoms with Gasteiger partial charge in [-0.25, -0.2) is 24.0 Å². The van der Waals surface area contributed by atoms with E-state index in [-0.39, 0.29) is 17.8 Å². The second-order valence-electron chi connectivity index (χ2n) is 19.6. The van der Waals surface area contributed by atoms with Gasteiger partial charge in [-0.3, -0.25) is 0 Å². The maximum Gasteiger partial charge on any atom is 0.338 e. The average Bonchev–Trinajstić information content (AvgIpc) is 4.51. The number of epoxide rings is 2. The molecule has 0 bridgehead atoms. The van der Waals surface area contributed by atoms with Crippen LogP contribution in [-0.2, 0) is 33.4 Å². The summed E-state index contributed by atoms with van der Waals surface area (Å²) in [5.74, 6) is 0.846. The van der Waals surface area contributed by atoms with E-state index in [1.54, 1.807) is 95.3 Å². The van der Waals surface area contributed by atoms with Crippen LogP contribution in [0.2, 0.25) is 0 Å². The van der Waals surface area contributed by atoms with Gasteiger partial charge in [0.05, 0.1) is 13.2 Å². The molecule has 82 heavy (non-hydrogen) atoms. The molecule has 0 radical (unpaired) electrons. The number of hydrogen-bond acceptors (Lipinski definition) is 14. The fourth-order valence-electron chi connectivity index (χ4n) is 7.61. The van der Waals surface area contributed by atoms with Crippen molar-refractivity contribution in [1.29, 1.82) is 0 Å². The Morgan fingerprint density at radius 3 is 0.902 bits per heavy atom. The number of carbonyl (C=O) groups is 5. The molecule has 2 aliphatic rings. The Morgan fingerprint density at radius 1 is 0.341 bits per heavy atom. The van der Waals surface area contributed by atoms with Gasteiger partial charge in [-0.15, -0.1) is 0 Å². The van der Waals surface area contributed by atoms with Gasteiger partial charge in [0.25, 0.3) is 0 Å². The van der Waals surface area contributed by atoms with Crippen LogP contribution < -0.4 is 33.2 Å². The molecule has 14 heteroatoms. The van der Waals surface area contributed by atoms with E-state index in [9.17, 15) is 24.0 Å². The zero-order chi connectivity index (χ0) is 58.6. The van der Waals surface area contributed by atoms with Crippen molar-refractivity contribution in [2.75, 3.05) is 26.4 Å². The summed E-state index contributed by atoms with van der Waals surface area (Å²) in [6.07, 6.45) is 0.121. The fraction of sp³-hybridized carbons (Fsp3) is 0.162. The Balaban J connectivity index is 0.000000215. The highest BCUT2D eigenvalue weighted by atomic mass is 16.6. The average molecular weight is 1100 g/mol. The molecule has 0 saturated carbocycles. The summed E-state index contributed by atoms with van der Waals surface area (Å²) in [5, 5.41) is 0. The molecule has 416 valence electrons. The van der Waals surface area contributed by atoms with Crippen LogP contribution in [0.5, 0.6) is 40.2 Å². The smallest absolute Gasteiger partial charge is 0.338 e. The Bertz CT molecular complexity index is 3490. The normalized spacial score (nSPS) is 13.6. The highest BCUT2D eigenvalue weighted by Crippen LogP contribution is 2.43. The minimum absolute atomic E-state index is 0.0606. The van der Waals surface area contributed by atoms with Gasteiger partial charge in [0, 0.05) is 44.6 Å². The van der Waals surface area contributed by atoms with Crippen LogP contribution in [-0.4, -0.2) is 68.5 Å². The third-order valence-electron chi connectivity index (χ3n) is 12.4. The SMILES string of the molecule is C=C(C)C(=O)Oc1ccc(-c2cc(OCC3CO3)c(-c3ccc(OC(=O)C(=C)C)cc3)cc2OCC2CO2)cc1.C=C(C)C(=O)Oc1ccc(-c2ccc(-c3ccc(-c4ccc(OC(=O)C(=C)C)cc4)c(OC(=O)C(=C)C)c3)cc2)cc1. The van der Waals surface area contributed by atoms with Gasteiger partial charge in [0.15, 0.2) is 0 Å². The predicted molar refractivity (Wildman–Crippen MR) is 313 cm³/mol. The molecule has 0 aromatic heterocycles. The van der Waals surface area contributed by atoms with Crippen LogP contribution in [0.25, 0.3) is 55.6 Å². The molecule has 2 saturated heterocycles. The van der Waals surface area contributed by atoms with Gasteiger partial charge in [-0.05, 0) is 140 Å². The van der Waals surface area contributed by atoms with Crippen molar-refractivity contribution in [2.45, 2.75) is 46.8 Å². The third-order valence-corrected chi connectivity index (χ3v) is 12.4. The van der Waals surface area contributed by atoms with Crippen molar-refractivity contribution < 1.29 is 66.6 Å². The minimum atomic E-state index is -0.534. The standard InChI is InChI=1S/C36H30O6.C32H30O8/c1-22(2)34(37)40-30-16-11-26(12-17-30)25-7-9-27(10-8-25)29-15-20-32(33(21-29)42-36(39)24(5)6)28-13-18-31(19-14-28)41-35(38)23(3)4;1-19(2)31(33)39-23-9-5-21(6-10-23)27-13-30(38-18-26-16-36-26)28(14-29(27)37-17-25-15-35-25)22-7-11-24(12-8-22)40-32(34)20(3)4/h7-21H,1,3,5H2,2,4,6H3;5-14,25-26H,1,3,15-18H2,2,4H3. The summed E-state index contributed by atoms with van der Waals surface area (Å²) in [6, 6.07) is 45.9. The predicted octanol–water partition coefficient (Wildman–Crippen LogP) is 13.7. The number of carbonyl (C=O) groups excluding carboxylic acids is 5. The van der Waals surface area contributed by atoms with Gasteiger partial charge >= 0.3 is 29.8 Å². The van der Waals surface area contributed by atoms with Gasteiger partial charge in [-0.1, -0.05) is 118 Å². The quantitative estimate of drug-likeness (QED) is 0.0288. The van der Waals surface area contributed by atoms with Crippen molar-refractivity contribution in [3.8, 4) is 95.9 Å². The van der Waals surface area contributed by atoms with Crippen molar-refractivity contribution in [3.05, 3.63) is 212 Å². The van der Waals surface area contributed by atoms with E-state index < -0.39 is 29.8 Å². The van der Waals surface area contributed by atoms with Crippen LogP contribution in [0.1, 0.15) is 34.6 Å². The summed E-state index contributed by atoms with van der Waals surface area (Å²) >= 11 is 0. The summed E-state index contributed by atoms with van der Waals surface area (Å²) in [6.45, 7) is 28.2. The lowest BCUT2D eigenvalue weighted by Crippen LogP contribution is -2.09. The molecule has 2 aliphatic heterocycles. The van der Waals surface area contributed by atoms with E-state index in [1.165, 1.54) is 0 Å². The largest absolute Gasteiger partial charge is 0.490 e. The summed E-state index contributed by atoms with van der Waals surface area (Å²) in [7, 11) is 0. The van der Waals surface area contributed by atoms with Gasteiger partial charge < -0.3 is 42.6 Å². The molecule has 0 aliphatic carbocycles. The van der Waals surface area contributed by atoms with E-state index in [2.05, 4.69) is 32.9 Å². The van der Waals surface area contributed by atoms with Crippen molar-refractivity contribution >= 4 is 29.8 Å². The van der Waals surface area contributed by atoms with Gasteiger partial charge in [0.2, 0.25) is 0 Å². The molecular weight excluding hydrogens is 1040 g/mol. The Morgan fingerprint density at radius 2 is 0.598 bits per heavy atom. The highest BCUT2D eigenvalue weighted by Gasteiger charge is 2.27. The Kier molecular flexibility index (Phi) is 18.7. The van der Waals surface area contributed by atoms with E-state index in [0.29, 0.717) is 94.5 Å². The van der Waals surface area contributed by atoms with Crippen LogP contribution in [0.15, 0.2) is 212 Å². The molecule has 2 unspecified atom stereocenters. The van der Waals surface area contributed by atoms with E-state index in [0.717, 1.165) is 50.1 Å². The van der Waals surface area contributed by atoms with Crippen LogP contribution in [0, 0.1) is 0 Å². The van der Waals surface area contributed by atoms with Gasteiger partial charge in [0.1, 0.15) is 65.7 Å². The molecular formula is C68H60O14. The molecule has 0 N–H and O–H groups in total. The highest BCUT2D eigenvalue weighted by molar-refractivity contribution is 5.93. The monoisotopic (exact) mass is 1100 g/mol. The lowest BCUT2D eigenvalue weighted by molar-refractivity contribution is -0.130. The molecule has 7 aromatic carbocycles. The first-order valence-electron chi connectivity index (χ1n) is 26.0. The molecule has 9 rings (SSSR count). The molecule has 2 atom stereocenters. The zero-order valence-electron chi connectivity index (χ0n) is 46.2.